The normalized spacial score (nSPS) is 22.6. The SMILES string of the molecule is CC1(C)CC(OC(CCC(=O)O)C(=O)O)CC(C)(C)N1.CC1(C)CC(OC(CCC(=O)O)C(=O)O)CC(C)(C)N1.[Ca]. The molecule has 2 radical (unpaired) electrons. The van der Waals surface area contributed by atoms with Crippen LogP contribution in [0.2, 0.25) is 0 Å². The summed E-state index contributed by atoms with van der Waals surface area (Å²) in [5.41, 5.74) is -0.547. The van der Waals surface area contributed by atoms with E-state index >= 15 is 0 Å². The Bertz CT molecular complexity index is 802. The van der Waals surface area contributed by atoms with Crippen molar-refractivity contribution in [2.45, 2.75) is 153 Å². The predicted molar refractivity (Wildman–Crippen MR) is 153 cm³/mol. The molecule has 2 unspecified atom stereocenters. The van der Waals surface area contributed by atoms with Gasteiger partial charge in [0.1, 0.15) is 0 Å². The Balaban J connectivity index is 0.000000762. The first kappa shape index (κ1) is 40.0. The van der Waals surface area contributed by atoms with Crippen LogP contribution in [-0.4, -0.2) is 129 Å². The Morgan fingerprint density at radius 1 is 0.610 bits per heavy atom. The van der Waals surface area contributed by atoms with Gasteiger partial charge in [-0.25, -0.2) is 9.59 Å². The van der Waals surface area contributed by atoms with Gasteiger partial charge in [0.05, 0.1) is 12.2 Å². The molecule has 2 heterocycles. The van der Waals surface area contributed by atoms with Gasteiger partial charge in [0.2, 0.25) is 0 Å². The van der Waals surface area contributed by atoms with Crippen molar-refractivity contribution in [2.75, 3.05) is 0 Å². The van der Waals surface area contributed by atoms with Crippen molar-refractivity contribution >= 4 is 61.6 Å². The van der Waals surface area contributed by atoms with Crippen molar-refractivity contribution in [2.24, 2.45) is 0 Å². The molecule has 6 N–H and O–H groups in total. The summed E-state index contributed by atoms with van der Waals surface area (Å²) in [6, 6.07) is 0. The maximum absolute atomic E-state index is 11.2. The molecule has 2 aliphatic rings. The molecule has 2 saturated heterocycles. The van der Waals surface area contributed by atoms with Crippen molar-refractivity contribution in [3.63, 3.8) is 0 Å². The van der Waals surface area contributed by atoms with Crippen molar-refractivity contribution in [1.29, 1.82) is 0 Å². The van der Waals surface area contributed by atoms with Crippen LogP contribution in [0.25, 0.3) is 0 Å². The van der Waals surface area contributed by atoms with Crippen molar-refractivity contribution in [3.05, 3.63) is 0 Å². The van der Waals surface area contributed by atoms with E-state index in [9.17, 15) is 19.2 Å². The number of hydrogen-bond donors (Lipinski definition) is 6. The van der Waals surface area contributed by atoms with E-state index in [1.807, 2.05) is 0 Å². The van der Waals surface area contributed by atoms with Gasteiger partial charge in [0, 0.05) is 72.7 Å². The minimum atomic E-state index is -1.10. The van der Waals surface area contributed by atoms with E-state index in [1.54, 1.807) is 0 Å². The van der Waals surface area contributed by atoms with E-state index in [0.717, 1.165) is 0 Å². The molecule has 2 rings (SSSR count). The predicted octanol–water partition coefficient (Wildman–Crippen LogP) is 2.88. The minimum Gasteiger partial charge on any atom is -0.481 e. The molecule has 0 amide bonds. The molecular weight excluding hydrogens is 564 g/mol. The average Bonchev–Trinajstić information content (AvgIpc) is 2.69. The molecule has 2 atom stereocenters. The van der Waals surface area contributed by atoms with Gasteiger partial charge < -0.3 is 40.5 Å². The van der Waals surface area contributed by atoms with Crippen LogP contribution in [-0.2, 0) is 28.7 Å². The Kier molecular flexibility index (Phi) is 15.8. The van der Waals surface area contributed by atoms with Crippen LogP contribution in [0, 0.1) is 0 Å². The number of rotatable bonds is 12. The molecule has 0 saturated carbocycles. The topological polar surface area (TPSA) is 192 Å². The average molecular weight is 615 g/mol. The number of aliphatic carboxylic acids is 4. The molecular formula is C28H50CaN2O10. The van der Waals surface area contributed by atoms with Gasteiger partial charge in [-0.1, -0.05) is 0 Å². The van der Waals surface area contributed by atoms with Crippen LogP contribution in [0.3, 0.4) is 0 Å². The molecule has 41 heavy (non-hydrogen) atoms. The largest absolute Gasteiger partial charge is 0.481 e. The second kappa shape index (κ2) is 16.2. The molecule has 0 aliphatic carbocycles. The zero-order valence-corrected chi connectivity index (χ0v) is 28.1. The van der Waals surface area contributed by atoms with Gasteiger partial charge in [0.15, 0.2) is 12.2 Å². The van der Waals surface area contributed by atoms with Gasteiger partial charge in [-0.15, -0.1) is 0 Å². The van der Waals surface area contributed by atoms with Crippen molar-refractivity contribution < 1.29 is 49.1 Å². The van der Waals surface area contributed by atoms with Crippen molar-refractivity contribution in [3.8, 4) is 0 Å². The van der Waals surface area contributed by atoms with Crippen LogP contribution >= 0.6 is 0 Å². The smallest absolute Gasteiger partial charge is 0.332 e. The molecule has 0 spiro atoms. The molecule has 2 fully saturated rings. The number of piperidine rings is 2. The Labute approximate surface area is 273 Å². The molecule has 0 aromatic heterocycles. The first-order valence-electron chi connectivity index (χ1n) is 13.8. The maximum Gasteiger partial charge on any atom is 0.332 e. The van der Waals surface area contributed by atoms with Crippen LogP contribution < -0.4 is 10.6 Å². The summed E-state index contributed by atoms with van der Waals surface area (Å²) in [4.78, 5) is 43.5. The fourth-order valence-electron chi connectivity index (χ4n) is 6.12. The third-order valence-electron chi connectivity index (χ3n) is 6.81. The second-order valence-corrected chi connectivity index (χ2v) is 13.6. The summed E-state index contributed by atoms with van der Waals surface area (Å²) in [6.45, 7) is 16.4. The van der Waals surface area contributed by atoms with E-state index in [2.05, 4.69) is 66.0 Å². The van der Waals surface area contributed by atoms with Crippen LogP contribution in [0.4, 0.5) is 0 Å². The Hall–Kier alpha value is -1.02. The minimum absolute atomic E-state index is 0. The summed E-state index contributed by atoms with van der Waals surface area (Å²) in [5, 5.41) is 42.6. The summed E-state index contributed by atoms with van der Waals surface area (Å²) >= 11 is 0. The fourth-order valence-corrected chi connectivity index (χ4v) is 6.12. The van der Waals surface area contributed by atoms with E-state index in [0.29, 0.717) is 25.7 Å². The van der Waals surface area contributed by atoms with Crippen LogP contribution in [0.5, 0.6) is 0 Å². The number of carbonyl (C=O) groups is 4. The van der Waals surface area contributed by atoms with Crippen molar-refractivity contribution in [1.82, 2.24) is 10.6 Å². The summed E-state index contributed by atoms with van der Waals surface area (Å²) in [6.07, 6.45) is -0.0796. The van der Waals surface area contributed by atoms with Crippen LogP contribution in [0.15, 0.2) is 0 Å². The molecule has 13 heteroatoms. The molecule has 234 valence electrons. The van der Waals surface area contributed by atoms with Gasteiger partial charge in [-0.05, 0) is 93.9 Å². The number of carboxylic acid groups (broad SMARTS) is 4. The quantitative estimate of drug-likeness (QED) is 0.176. The second-order valence-electron chi connectivity index (χ2n) is 13.6. The number of nitrogens with one attached hydrogen (secondary N) is 2. The maximum atomic E-state index is 11.2. The monoisotopic (exact) mass is 614 g/mol. The van der Waals surface area contributed by atoms with Crippen LogP contribution in [0.1, 0.15) is 107 Å². The van der Waals surface area contributed by atoms with E-state index in [1.165, 1.54) is 0 Å². The summed E-state index contributed by atoms with van der Waals surface area (Å²) in [5.74, 6) is -4.21. The first-order chi connectivity index (χ1) is 18.0. The number of carboxylic acids is 4. The molecule has 0 aromatic carbocycles. The van der Waals surface area contributed by atoms with Gasteiger partial charge in [0.25, 0.3) is 0 Å². The van der Waals surface area contributed by atoms with E-state index < -0.39 is 36.1 Å². The summed E-state index contributed by atoms with van der Waals surface area (Å²) < 4.78 is 11.3. The number of ether oxygens (including phenoxy) is 2. The third-order valence-corrected chi connectivity index (χ3v) is 6.81. The standard InChI is InChI=1S/2C14H25NO5.Ca/c2*1-13(2)7-9(8-14(3,4)15-13)20-10(12(18)19)5-6-11(16)17;/h2*9-10,15H,5-8H2,1-4H3,(H,16,17)(H,18,19);. The Morgan fingerprint density at radius 3 is 1.05 bits per heavy atom. The van der Waals surface area contributed by atoms with E-state index in [-0.39, 0.29) is 97.8 Å². The molecule has 2 aliphatic heterocycles. The molecule has 0 aromatic rings. The summed E-state index contributed by atoms with van der Waals surface area (Å²) in [7, 11) is 0. The zero-order chi connectivity index (χ0) is 31.1. The fraction of sp³-hybridized carbons (Fsp3) is 0.857. The Morgan fingerprint density at radius 2 is 0.854 bits per heavy atom. The number of hydrogen-bond acceptors (Lipinski definition) is 8. The third kappa shape index (κ3) is 16.4. The molecule has 12 nitrogen and oxygen atoms in total. The zero-order valence-electron chi connectivity index (χ0n) is 25.9. The van der Waals surface area contributed by atoms with Gasteiger partial charge >= 0.3 is 23.9 Å². The van der Waals surface area contributed by atoms with E-state index in [4.69, 9.17) is 29.9 Å². The first-order valence-corrected chi connectivity index (χ1v) is 13.8. The van der Waals surface area contributed by atoms with Gasteiger partial charge in [-0.2, -0.15) is 0 Å². The molecule has 0 bridgehead atoms. The van der Waals surface area contributed by atoms with Gasteiger partial charge in [-0.3, -0.25) is 9.59 Å².